The average molecular weight is 431 g/mol. The van der Waals surface area contributed by atoms with Crippen molar-refractivity contribution in [2.75, 3.05) is 14.2 Å². The number of hydrogen-bond donors (Lipinski definition) is 2. The van der Waals surface area contributed by atoms with E-state index >= 15 is 0 Å². The first kappa shape index (κ1) is 22.6. The summed E-state index contributed by atoms with van der Waals surface area (Å²) >= 11 is 0. The highest BCUT2D eigenvalue weighted by molar-refractivity contribution is 5.94. The monoisotopic (exact) mass is 431 g/mol. The number of aryl methyl sites for hydroxylation is 1. The maximum atomic E-state index is 12.4. The van der Waals surface area contributed by atoms with Crippen LogP contribution in [0.2, 0.25) is 0 Å². The van der Waals surface area contributed by atoms with Gasteiger partial charge < -0.3 is 10.3 Å². The summed E-state index contributed by atoms with van der Waals surface area (Å²) in [6.45, 7) is 2.49. The number of nitrogens with zero attached hydrogens (tertiary/aromatic N) is 3. The molecule has 4 rings (SSSR count). The number of hydroxylamine groups is 2. The molecule has 0 saturated carbocycles. The first-order chi connectivity index (χ1) is 15.5. The highest BCUT2D eigenvalue weighted by Crippen LogP contribution is 2.25. The van der Waals surface area contributed by atoms with Crippen molar-refractivity contribution in [3.63, 3.8) is 0 Å². The Bertz CT molecular complexity index is 1190. The van der Waals surface area contributed by atoms with Crippen LogP contribution >= 0.6 is 0 Å². The van der Waals surface area contributed by atoms with Crippen LogP contribution in [0.3, 0.4) is 0 Å². The van der Waals surface area contributed by atoms with Gasteiger partial charge in [0.05, 0.1) is 7.11 Å². The molecule has 0 aliphatic rings. The molecule has 3 heterocycles. The number of H-pyrrole nitrogens is 1. The summed E-state index contributed by atoms with van der Waals surface area (Å²) in [5, 5.41) is 5.12. The van der Waals surface area contributed by atoms with Crippen molar-refractivity contribution >= 4 is 23.2 Å². The Morgan fingerprint density at radius 2 is 1.84 bits per heavy atom. The fourth-order valence-electron chi connectivity index (χ4n) is 3.01. The SMILES string of the molecule is CON(C)C=O.Cc1cc2cc(-c3ccnc(C(=O)NCc4ccncc4)c3)ccc2[nH]1. The first-order valence-electron chi connectivity index (χ1n) is 9.95. The Kier molecular flexibility index (Phi) is 7.66. The number of nitrogens with one attached hydrogen (secondary N) is 2. The van der Waals surface area contributed by atoms with Gasteiger partial charge in [-0.25, -0.2) is 5.06 Å². The van der Waals surface area contributed by atoms with Crippen molar-refractivity contribution in [1.29, 1.82) is 0 Å². The minimum absolute atomic E-state index is 0.192. The van der Waals surface area contributed by atoms with E-state index in [-0.39, 0.29) is 5.91 Å². The van der Waals surface area contributed by atoms with Crippen LogP contribution < -0.4 is 5.32 Å². The van der Waals surface area contributed by atoms with Crippen LogP contribution in [0.25, 0.3) is 22.0 Å². The zero-order valence-corrected chi connectivity index (χ0v) is 18.2. The van der Waals surface area contributed by atoms with E-state index in [1.54, 1.807) is 18.6 Å². The molecule has 0 aliphatic heterocycles. The molecule has 0 bridgehead atoms. The van der Waals surface area contributed by atoms with Gasteiger partial charge >= 0.3 is 0 Å². The van der Waals surface area contributed by atoms with E-state index in [1.807, 2.05) is 37.3 Å². The molecule has 8 heteroatoms. The van der Waals surface area contributed by atoms with Crippen LogP contribution in [0.4, 0.5) is 0 Å². The topological polar surface area (TPSA) is 100 Å². The lowest BCUT2D eigenvalue weighted by Gasteiger charge is -2.07. The van der Waals surface area contributed by atoms with E-state index in [0.717, 1.165) is 38.4 Å². The first-order valence-corrected chi connectivity index (χ1v) is 9.95. The number of aromatic amines is 1. The number of carbonyl (C=O) groups is 2. The maximum absolute atomic E-state index is 12.4. The normalized spacial score (nSPS) is 10.2. The summed E-state index contributed by atoms with van der Waals surface area (Å²) in [4.78, 5) is 37.8. The van der Waals surface area contributed by atoms with Gasteiger partial charge in [0.2, 0.25) is 6.41 Å². The second-order valence-electron chi connectivity index (χ2n) is 7.06. The summed E-state index contributed by atoms with van der Waals surface area (Å²) in [5.41, 5.74) is 5.66. The fraction of sp³-hybridized carbons (Fsp3) is 0.167. The summed E-state index contributed by atoms with van der Waals surface area (Å²) in [5.74, 6) is -0.192. The molecule has 1 aromatic carbocycles. The Hall–Kier alpha value is -4.04. The Morgan fingerprint density at radius 1 is 1.09 bits per heavy atom. The van der Waals surface area contributed by atoms with Crippen molar-refractivity contribution in [1.82, 2.24) is 25.3 Å². The van der Waals surface area contributed by atoms with Gasteiger partial charge in [-0.05, 0) is 66.1 Å². The van der Waals surface area contributed by atoms with Gasteiger partial charge in [0.1, 0.15) is 5.69 Å². The third-order valence-corrected chi connectivity index (χ3v) is 4.72. The zero-order chi connectivity index (χ0) is 22.9. The number of benzene rings is 1. The molecule has 3 aromatic heterocycles. The molecule has 4 aromatic rings. The van der Waals surface area contributed by atoms with Crippen LogP contribution in [-0.4, -0.2) is 46.5 Å². The largest absolute Gasteiger partial charge is 0.359 e. The van der Waals surface area contributed by atoms with Crippen LogP contribution in [-0.2, 0) is 16.2 Å². The lowest BCUT2D eigenvalue weighted by molar-refractivity contribution is -0.153. The standard InChI is InChI=1S/C21H18N4O.C3H7NO2/c1-14-10-18-11-16(2-3-19(18)25-14)17-6-9-23-20(12-17)21(26)24-13-15-4-7-22-8-5-15;1-4(3-5)6-2/h2-12,25H,13H2,1H3,(H,24,26);3H,1-2H3. The number of carbonyl (C=O) groups excluding carboxylic acids is 2. The van der Waals surface area contributed by atoms with Gasteiger partial charge in [0.25, 0.3) is 5.91 Å². The Labute approximate surface area is 186 Å². The average Bonchev–Trinajstić information content (AvgIpc) is 3.22. The lowest BCUT2D eigenvalue weighted by atomic mass is 10.0. The van der Waals surface area contributed by atoms with E-state index in [2.05, 4.69) is 43.3 Å². The number of amides is 2. The molecule has 0 fully saturated rings. The van der Waals surface area contributed by atoms with Crippen molar-refractivity contribution in [2.45, 2.75) is 13.5 Å². The molecular weight excluding hydrogens is 406 g/mol. The van der Waals surface area contributed by atoms with Crippen molar-refractivity contribution in [2.24, 2.45) is 0 Å². The van der Waals surface area contributed by atoms with E-state index in [0.29, 0.717) is 18.6 Å². The van der Waals surface area contributed by atoms with E-state index < -0.39 is 0 Å². The van der Waals surface area contributed by atoms with E-state index in [1.165, 1.54) is 14.2 Å². The van der Waals surface area contributed by atoms with E-state index in [4.69, 9.17) is 0 Å². The van der Waals surface area contributed by atoms with Gasteiger partial charge in [0, 0.05) is 48.8 Å². The maximum Gasteiger partial charge on any atom is 0.270 e. The predicted molar refractivity (Wildman–Crippen MR) is 123 cm³/mol. The molecule has 0 atom stereocenters. The molecule has 8 nitrogen and oxygen atoms in total. The molecule has 0 radical (unpaired) electrons. The highest BCUT2D eigenvalue weighted by atomic mass is 16.7. The molecule has 0 spiro atoms. The predicted octanol–water partition coefficient (Wildman–Crippen LogP) is 3.50. The minimum Gasteiger partial charge on any atom is -0.359 e. The van der Waals surface area contributed by atoms with Crippen LogP contribution in [0.5, 0.6) is 0 Å². The molecule has 32 heavy (non-hydrogen) atoms. The van der Waals surface area contributed by atoms with E-state index in [9.17, 15) is 9.59 Å². The van der Waals surface area contributed by atoms with Gasteiger partial charge in [-0.15, -0.1) is 0 Å². The lowest BCUT2D eigenvalue weighted by Crippen LogP contribution is -2.23. The van der Waals surface area contributed by atoms with Gasteiger partial charge in [-0.3, -0.25) is 24.4 Å². The second kappa shape index (κ2) is 10.8. The Balaban J connectivity index is 0.000000427. The van der Waals surface area contributed by atoms with Gasteiger partial charge in [0.15, 0.2) is 0 Å². The number of hydrogen-bond acceptors (Lipinski definition) is 5. The third kappa shape index (κ3) is 5.99. The molecule has 0 saturated heterocycles. The van der Waals surface area contributed by atoms with Crippen LogP contribution in [0.1, 0.15) is 21.7 Å². The number of pyridine rings is 2. The quantitative estimate of drug-likeness (QED) is 0.360. The van der Waals surface area contributed by atoms with Gasteiger partial charge in [-0.2, -0.15) is 0 Å². The summed E-state index contributed by atoms with van der Waals surface area (Å²) in [6, 6.07) is 15.8. The molecule has 2 N–H and O–H groups in total. The smallest absolute Gasteiger partial charge is 0.270 e. The molecule has 0 unspecified atom stereocenters. The summed E-state index contributed by atoms with van der Waals surface area (Å²) in [7, 11) is 2.95. The minimum atomic E-state index is -0.192. The van der Waals surface area contributed by atoms with Crippen molar-refractivity contribution in [3.8, 4) is 11.1 Å². The second-order valence-corrected chi connectivity index (χ2v) is 7.06. The molecule has 2 amide bonds. The number of fused-ring (bicyclic) bond motifs is 1. The number of rotatable bonds is 6. The third-order valence-electron chi connectivity index (χ3n) is 4.72. The molecule has 0 aliphatic carbocycles. The summed E-state index contributed by atoms with van der Waals surface area (Å²) in [6.07, 6.45) is 5.67. The summed E-state index contributed by atoms with van der Waals surface area (Å²) < 4.78 is 0. The number of aromatic nitrogens is 3. The van der Waals surface area contributed by atoms with Gasteiger partial charge in [-0.1, -0.05) is 6.07 Å². The Morgan fingerprint density at radius 3 is 2.53 bits per heavy atom. The molecular formula is C24H25N5O3. The van der Waals surface area contributed by atoms with Crippen LogP contribution in [0.15, 0.2) is 67.1 Å². The molecule has 164 valence electrons. The zero-order valence-electron chi connectivity index (χ0n) is 18.2. The van der Waals surface area contributed by atoms with Crippen molar-refractivity contribution in [3.05, 3.63) is 84.1 Å². The highest BCUT2D eigenvalue weighted by Gasteiger charge is 2.09. The fourth-order valence-corrected chi connectivity index (χ4v) is 3.01. The van der Waals surface area contributed by atoms with Crippen LogP contribution in [0, 0.1) is 6.92 Å². The van der Waals surface area contributed by atoms with Crippen molar-refractivity contribution < 1.29 is 14.4 Å².